The van der Waals surface area contributed by atoms with E-state index in [0.29, 0.717) is 12.0 Å². The molecule has 2 aromatic carbocycles. The molecule has 1 aromatic heterocycles. The monoisotopic (exact) mass is 560 g/mol. The number of nitrogens with zero attached hydrogens (tertiary/aromatic N) is 5. The quantitative estimate of drug-likeness (QED) is 0.362. The first-order valence-corrected chi connectivity index (χ1v) is 14.6. The summed E-state index contributed by atoms with van der Waals surface area (Å²) < 4.78 is 11.2. The molecule has 0 atom stereocenters. The lowest BCUT2D eigenvalue weighted by Gasteiger charge is -2.38. The molecule has 0 bridgehead atoms. The predicted molar refractivity (Wildman–Crippen MR) is 165 cm³/mol. The van der Waals surface area contributed by atoms with Gasteiger partial charge in [0.05, 0.1) is 42.7 Å². The van der Waals surface area contributed by atoms with Gasteiger partial charge in [0.2, 0.25) is 0 Å². The summed E-state index contributed by atoms with van der Waals surface area (Å²) in [5.74, 6) is 1.82. The summed E-state index contributed by atoms with van der Waals surface area (Å²) >= 11 is 0. The van der Waals surface area contributed by atoms with Gasteiger partial charge in [-0.15, -0.1) is 0 Å². The van der Waals surface area contributed by atoms with E-state index in [1.165, 1.54) is 0 Å². The second-order valence-electron chi connectivity index (χ2n) is 11.9. The minimum Gasteiger partial charge on any atom is -0.497 e. The van der Waals surface area contributed by atoms with Crippen LogP contribution in [-0.4, -0.2) is 83.6 Å². The largest absolute Gasteiger partial charge is 0.497 e. The van der Waals surface area contributed by atoms with Crippen molar-refractivity contribution in [2.75, 3.05) is 51.8 Å². The van der Waals surface area contributed by atoms with Crippen LogP contribution in [0.5, 0.6) is 11.5 Å². The van der Waals surface area contributed by atoms with Gasteiger partial charge in [-0.1, -0.05) is 0 Å². The molecule has 9 heteroatoms. The first-order chi connectivity index (χ1) is 19.6. The van der Waals surface area contributed by atoms with E-state index in [9.17, 15) is 5.11 Å². The smallest absolute Gasteiger partial charge is 0.124 e. The number of likely N-dealkylation sites (tertiary alicyclic amines) is 1. The van der Waals surface area contributed by atoms with Crippen molar-refractivity contribution in [3.8, 4) is 11.5 Å². The standard InChI is InChI=1S/C32H44N6O3/c1-22(2)38-21-23(19-34-38)31-20-33-29-8-7-25(17-30(29)35-31)37(26-15-27(40-5)18-28(16-26)41-6)14-13-36-11-9-24(10-12-36)32(3,4)39/h7-8,15-18,20-22,24,34,39H,9-14,19H2,1-6H3. The first kappa shape index (κ1) is 29.1. The Balaban J connectivity index is 1.44. The third-order valence-electron chi connectivity index (χ3n) is 8.34. The van der Waals surface area contributed by atoms with Crippen molar-refractivity contribution < 1.29 is 14.6 Å². The molecule has 0 aliphatic carbocycles. The van der Waals surface area contributed by atoms with Crippen LogP contribution in [-0.2, 0) is 0 Å². The fourth-order valence-corrected chi connectivity index (χ4v) is 5.71. The zero-order valence-corrected chi connectivity index (χ0v) is 25.2. The van der Waals surface area contributed by atoms with Crippen molar-refractivity contribution in [2.45, 2.75) is 52.2 Å². The topological polar surface area (TPSA) is 86.2 Å². The SMILES string of the molecule is COc1cc(OC)cc(N(CCN2CCC(C(C)(C)O)CC2)c2ccc3ncc(C4=CN(C(C)C)NC4)nc3c2)c1. The first-order valence-electron chi connectivity index (χ1n) is 14.6. The van der Waals surface area contributed by atoms with Crippen LogP contribution in [0.2, 0.25) is 0 Å². The van der Waals surface area contributed by atoms with Gasteiger partial charge in [-0.2, -0.15) is 0 Å². The van der Waals surface area contributed by atoms with E-state index in [1.54, 1.807) is 14.2 Å². The molecule has 1 saturated heterocycles. The van der Waals surface area contributed by atoms with E-state index in [4.69, 9.17) is 19.4 Å². The minimum atomic E-state index is -0.627. The van der Waals surface area contributed by atoms with E-state index in [2.05, 4.69) is 52.4 Å². The average molecular weight is 561 g/mol. The summed E-state index contributed by atoms with van der Waals surface area (Å²) in [7, 11) is 3.35. The molecule has 9 nitrogen and oxygen atoms in total. The molecule has 0 amide bonds. The van der Waals surface area contributed by atoms with Crippen LogP contribution in [0.4, 0.5) is 11.4 Å². The van der Waals surface area contributed by atoms with Crippen molar-refractivity contribution in [3.63, 3.8) is 0 Å². The van der Waals surface area contributed by atoms with E-state index >= 15 is 0 Å². The van der Waals surface area contributed by atoms with Crippen molar-refractivity contribution in [2.24, 2.45) is 5.92 Å². The lowest BCUT2D eigenvalue weighted by Crippen LogP contribution is -2.43. The molecule has 0 radical (unpaired) electrons. The highest BCUT2D eigenvalue weighted by Crippen LogP contribution is 2.34. The number of nitrogens with one attached hydrogen (secondary N) is 1. The third-order valence-corrected chi connectivity index (χ3v) is 8.34. The van der Waals surface area contributed by atoms with Crippen LogP contribution in [0.25, 0.3) is 16.6 Å². The molecule has 220 valence electrons. The zero-order chi connectivity index (χ0) is 29.1. The molecular weight excluding hydrogens is 516 g/mol. The highest BCUT2D eigenvalue weighted by Gasteiger charge is 2.30. The van der Waals surface area contributed by atoms with Gasteiger partial charge in [0.1, 0.15) is 11.5 Å². The Hall–Kier alpha value is -3.40. The Labute approximate surface area is 243 Å². The van der Waals surface area contributed by atoms with Gasteiger partial charge in [0.15, 0.2) is 0 Å². The van der Waals surface area contributed by atoms with Gasteiger partial charge >= 0.3 is 0 Å². The molecule has 0 saturated carbocycles. The molecule has 0 spiro atoms. The minimum absolute atomic E-state index is 0.337. The predicted octanol–water partition coefficient (Wildman–Crippen LogP) is 4.84. The highest BCUT2D eigenvalue weighted by molar-refractivity contribution is 5.82. The normalized spacial score (nSPS) is 16.9. The average Bonchev–Trinajstić information content (AvgIpc) is 3.47. The van der Waals surface area contributed by atoms with Gasteiger partial charge in [-0.05, 0) is 77.7 Å². The Bertz CT molecular complexity index is 1360. The Morgan fingerprint density at radius 1 is 1.02 bits per heavy atom. The van der Waals surface area contributed by atoms with Crippen LogP contribution in [0.1, 0.15) is 46.2 Å². The number of ether oxygens (including phenoxy) is 2. The van der Waals surface area contributed by atoms with Crippen molar-refractivity contribution in [1.29, 1.82) is 0 Å². The number of piperidine rings is 1. The Kier molecular flexibility index (Phi) is 8.68. The number of hydrazine groups is 1. The molecule has 3 aromatic rings. The van der Waals surface area contributed by atoms with Gasteiger partial charge < -0.3 is 29.4 Å². The van der Waals surface area contributed by atoms with Gasteiger partial charge in [0.25, 0.3) is 0 Å². The van der Waals surface area contributed by atoms with E-state index < -0.39 is 5.60 Å². The van der Waals surface area contributed by atoms with E-state index in [-0.39, 0.29) is 0 Å². The number of rotatable bonds is 10. The molecule has 0 unspecified atom stereocenters. The molecule has 2 aliphatic heterocycles. The maximum atomic E-state index is 10.5. The second-order valence-corrected chi connectivity index (χ2v) is 11.9. The maximum absolute atomic E-state index is 10.5. The van der Waals surface area contributed by atoms with Crippen molar-refractivity contribution in [3.05, 3.63) is 54.5 Å². The number of methoxy groups -OCH3 is 2. The molecule has 3 heterocycles. The number of benzene rings is 2. The van der Waals surface area contributed by atoms with Crippen molar-refractivity contribution >= 4 is 28.0 Å². The summed E-state index contributed by atoms with van der Waals surface area (Å²) in [5.41, 5.74) is 8.54. The summed E-state index contributed by atoms with van der Waals surface area (Å²) in [6.45, 7) is 12.5. The lowest BCUT2D eigenvalue weighted by molar-refractivity contribution is -0.0121. The number of hydrogen-bond acceptors (Lipinski definition) is 9. The van der Waals surface area contributed by atoms with E-state index in [0.717, 1.165) is 90.7 Å². The molecule has 41 heavy (non-hydrogen) atoms. The van der Waals surface area contributed by atoms with Gasteiger partial charge in [0, 0.05) is 67.0 Å². The second kappa shape index (κ2) is 12.2. The molecule has 2 aliphatic rings. The fraction of sp³-hybridized carbons (Fsp3) is 0.500. The number of fused-ring (bicyclic) bond motifs is 1. The van der Waals surface area contributed by atoms with E-state index in [1.807, 2.05) is 44.3 Å². The van der Waals surface area contributed by atoms with Crippen LogP contribution in [0.3, 0.4) is 0 Å². The number of aliphatic hydroxyl groups is 1. The van der Waals surface area contributed by atoms with Gasteiger partial charge in [-0.3, -0.25) is 4.98 Å². The summed E-state index contributed by atoms with van der Waals surface area (Å²) in [6, 6.07) is 12.6. The molecule has 2 N–H and O–H groups in total. The van der Waals surface area contributed by atoms with Crippen LogP contribution in [0, 0.1) is 5.92 Å². The summed E-state index contributed by atoms with van der Waals surface area (Å²) in [4.78, 5) is 14.6. The highest BCUT2D eigenvalue weighted by atomic mass is 16.5. The fourth-order valence-electron chi connectivity index (χ4n) is 5.71. The van der Waals surface area contributed by atoms with Crippen LogP contribution >= 0.6 is 0 Å². The Morgan fingerprint density at radius 3 is 2.34 bits per heavy atom. The number of anilines is 2. The zero-order valence-electron chi connectivity index (χ0n) is 25.2. The Morgan fingerprint density at radius 2 is 1.73 bits per heavy atom. The third kappa shape index (κ3) is 6.74. The van der Waals surface area contributed by atoms with Crippen molar-refractivity contribution in [1.82, 2.24) is 25.3 Å². The molecule has 5 rings (SSSR count). The van der Waals surface area contributed by atoms with Crippen LogP contribution in [0.15, 0.2) is 48.8 Å². The summed E-state index contributed by atoms with van der Waals surface area (Å²) in [5, 5.41) is 12.6. The number of aromatic nitrogens is 2. The lowest BCUT2D eigenvalue weighted by atomic mass is 9.83. The van der Waals surface area contributed by atoms with Gasteiger partial charge in [-0.25, -0.2) is 10.4 Å². The number of hydrogen-bond donors (Lipinski definition) is 2. The van der Waals surface area contributed by atoms with Crippen LogP contribution < -0.4 is 19.8 Å². The maximum Gasteiger partial charge on any atom is 0.124 e. The molecule has 1 fully saturated rings. The molecular formula is C32H44N6O3. The summed E-state index contributed by atoms with van der Waals surface area (Å²) in [6.07, 6.45) is 6.00.